The number of carbonyl (C=O) groups is 1. The van der Waals surface area contributed by atoms with Crippen molar-refractivity contribution < 1.29 is 9.21 Å². The molecule has 0 radical (unpaired) electrons. The van der Waals surface area contributed by atoms with Crippen molar-refractivity contribution >= 4 is 17.5 Å². The number of aryl methyl sites for hydroxylation is 1. The summed E-state index contributed by atoms with van der Waals surface area (Å²) in [6.45, 7) is 2.45. The molecule has 0 unspecified atom stereocenters. The molecule has 0 aliphatic rings. The van der Waals surface area contributed by atoms with Gasteiger partial charge in [0, 0.05) is 26.0 Å². The standard InChI is InChI=1S/C20H20ClN3O2/c1-14-18(23-20(26-14)16-5-3-4-6-17(16)21)13-19(25)24(2)12-9-15-7-10-22-11-8-15/h3-8,10-11H,9,12-13H2,1-2H3. The second kappa shape index (κ2) is 8.15. The summed E-state index contributed by atoms with van der Waals surface area (Å²) < 4.78 is 5.72. The lowest BCUT2D eigenvalue weighted by Crippen LogP contribution is -2.30. The number of rotatable bonds is 6. The van der Waals surface area contributed by atoms with Crippen LogP contribution in [-0.2, 0) is 17.6 Å². The second-order valence-electron chi connectivity index (χ2n) is 6.10. The van der Waals surface area contributed by atoms with E-state index in [9.17, 15) is 4.79 Å². The lowest BCUT2D eigenvalue weighted by Gasteiger charge is -2.16. The predicted octanol–water partition coefficient (Wildman–Crippen LogP) is 3.94. The number of nitrogens with zero attached hydrogens (tertiary/aromatic N) is 3. The van der Waals surface area contributed by atoms with Crippen LogP contribution in [0.1, 0.15) is 17.0 Å². The van der Waals surface area contributed by atoms with Crippen LogP contribution in [0.3, 0.4) is 0 Å². The second-order valence-corrected chi connectivity index (χ2v) is 6.51. The number of halogens is 1. The number of hydrogen-bond donors (Lipinski definition) is 0. The average molecular weight is 370 g/mol. The summed E-state index contributed by atoms with van der Waals surface area (Å²) in [7, 11) is 1.80. The summed E-state index contributed by atoms with van der Waals surface area (Å²) in [4.78, 5) is 22.7. The third kappa shape index (κ3) is 4.29. The Bertz CT molecular complexity index is 893. The summed E-state index contributed by atoms with van der Waals surface area (Å²) in [5, 5.41) is 0.570. The van der Waals surface area contributed by atoms with Crippen molar-refractivity contribution in [2.75, 3.05) is 13.6 Å². The fourth-order valence-electron chi connectivity index (χ4n) is 2.59. The molecule has 5 nitrogen and oxygen atoms in total. The van der Waals surface area contributed by atoms with E-state index < -0.39 is 0 Å². The fourth-order valence-corrected chi connectivity index (χ4v) is 2.81. The third-order valence-electron chi connectivity index (χ3n) is 4.23. The van der Waals surface area contributed by atoms with E-state index in [1.54, 1.807) is 30.4 Å². The van der Waals surface area contributed by atoms with Gasteiger partial charge in [0.15, 0.2) is 0 Å². The van der Waals surface area contributed by atoms with Crippen molar-refractivity contribution in [1.29, 1.82) is 0 Å². The van der Waals surface area contributed by atoms with Gasteiger partial charge in [0.25, 0.3) is 0 Å². The van der Waals surface area contributed by atoms with Crippen LogP contribution in [0, 0.1) is 6.92 Å². The molecular weight excluding hydrogens is 350 g/mol. The van der Waals surface area contributed by atoms with E-state index in [1.807, 2.05) is 37.3 Å². The predicted molar refractivity (Wildman–Crippen MR) is 101 cm³/mol. The molecule has 0 aliphatic carbocycles. The van der Waals surface area contributed by atoms with Crippen LogP contribution in [-0.4, -0.2) is 34.4 Å². The maximum atomic E-state index is 12.5. The largest absolute Gasteiger partial charge is 0.441 e. The van der Waals surface area contributed by atoms with Crippen LogP contribution < -0.4 is 0 Å². The summed E-state index contributed by atoms with van der Waals surface area (Å²) in [5.41, 5.74) is 2.51. The Labute approximate surface area is 157 Å². The van der Waals surface area contributed by atoms with E-state index in [2.05, 4.69) is 9.97 Å². The minimum absolute atomic E-state index is 0.00108. The van der Waals surface area contributed by atoms with E-state index in [1.165, 1.54) is 0 Å². The molecule has 6 heteroatoms. The molecule has 2 heterocycles. The number of amides is 1. The molecule has 1 amide bonds. The maximum Gasteiger partial charge on any atom is 0.228 e. The van der Waals surface area contributed by atoms with Gasteiger partial charge in [-0.15, -0.1) is 0 Å². The van der Waals surface area contributed by atoms with Crippen molar-refractivity contribution in [2.45, 2.75) is 19.8 Å². The van der Waals surface area contributed by atoms with Gasteiger partial charge in [-0.2, -0.15) is 0 Å². The Hall–Kier alpha value is -2.66. The Kier molecular flexibility index (Phi) is 5.68. The number of hydrogen-bond acceptors (Lipinski definition) is 4. The zero-order valence-corrected chi connectivity index (χ0v) is 15.5. The third-order valence-corrected chi connectivity index (χ3v) is 4.56. The molecular formula is C20H20ClN3O2. The Morgan fingerprint density at radius 3 is 2.65 bits per heavy atom. The van der Waals surface area contributed by atoms with Crippen molar-refractivity contribution in [2.24, 2.45) is 0 Å². The van der Waals surface area contributed by atoms with E-state index in [4.69, 9.17) is 16.0 Å². The molecule has 0 saturated heterocycles. The first-order valence-corrected chi connectivity index (χ1v) is 8.76. The number of benzene rings is 1. The topological polar surface area (TPSA) is 59.2 Å². The maximum absolute atomic E-state index is 12.5. The van der Waals surface area contributed by atoms with Gasteiger partial charge in [-0.05, 0) is 43.2 Å². The van der Waals surface area contributed by atoms with Gasteiger partial charge in [0.1, 0.15) is 5.76 Å². The zero-order chi connectivity index (χ0) is 18.5. The highest BCUT2D eigenvalue weighted by atomic mass is 35.5. The summed E-state index contributed by atoms with van der Waals surface area (Å²) in [6.07, 6.45) is 4.50. The first-order chi connectivity index (χ1) is 12.5. The normalized spacial score (nSPS) is 10.7. The summed E-state index contributed by atoms with van der Waals surface area (Å²) in [5.74, 6) is 1.08. The minimum Gasteiger partial charge on any atom is -0.441 e. The molecule has 26 heavy (non-hydrogen) atoms. The molecule has 2 aromatic heterocycles. The van der Waals surface area contributed by atoms with Crippen molar-refractivity contribution in [3.05, 3.63) is 70.8 Å². The van der Waals surface area contributed by atoms with Crippen LogP contribution in [0.4, 0.5) is 0 Å². The Morgan fingerprint density at radius 1 is 1.19 bits per heavy atom. The first kappa shape index (κ1) is 18.1. The van der Waals surface area contributed by atoms with E-state index in [-0.39, 0.29) is 12.3 Å². The molecule has 0 atom stereocenters. The van der Waals surface area contributed by atoms with Crippen LogP contribution in [0.15, 0.2) is 53.2 Å². The Balaban J connectivity index is 1.65. The van der Waals surface area contributed by atoms with Gasteiger partial charge in [-0.25, -0.2) is 4.98 Å². The first-order valence-electron chi connectivity index (χ1n) is 8.38. The number of oxazole rings is 1. The van der Waals surface area contributed by atoms with Crippen LogP contribution in [0.25, 0.3) is 11.5 Å². The highest BCUT2D eigenvalue weighted by molar-refractivity contribution is 6.33. The molecule has 1 aromatic carbocycles. The quantitative estimate of drug-likeness (QED) is 0.660. The lowest BCUT2D eigenvalue weighted by molar-refractivity contribution is -0.129. The highest BCUT2D eigenvalue weighted by Crippen LogP contribution is 2.28. The fraction of sp³-hybridized carbons (Fsp3) is 0.250. The van der Waals surface area contributed by atoms with Crippen molar-refractivity contribution in [1.82, 2.24) is 14.9 Å². The Morgan fingerprint density at radius 2 is 1.92 bits per heavy atom. The van der Waals surface area contributed by atoms with Gasteiger partial charge < -0.3 is 9.32 Å². The lowest BCUT2D eigenvalue weighted by atomic mass is 10.2. The van der Waals surface area contributed by atoms with Gasteiger partial charge in [-0.1, -0.05) is 23.7 Å². The monoisotopic (exact) mass is 369 g/mol. The van der Waals surface area contributed by atoms with Gasteiger partial charge >= 0.3 is 0 Å². The molecule has 0 N–H and O–H groups in total. The molecule has 0 bridgehead atoms. The van der Waals surface area contributed by atoms with E-state index in [0.29, 0.717) is 28.9 Å². The van der Waals surface area contributed by atoms with Crippen LogP contribution in [0.2, 0.25) is 5.02 Å². The summed E-state index contributed by atoms with van der Waals surface area (Å²) in [6, 6.07) is 11.3. The molecule has 3 rings (SSSR count). The van der Waals surface area contributed by atoms with Gasteiger partial charge in [0.05, 0.1) is 22.7 Å². The van der Waals surface area contributed by atoms with Crippen LogP contribution in [0.5, 0.6) is 0 Å². The number of pyridine rings is 1. The highest BCUT2D eigenvalue weighted by Gasteiger charge is 2.18. The number of carbonyl (C=O) groups excluding carboxylic acids is 1. The van der Waals surface area contributed by atoms with Gasteiger partial charge in [-0.3, -0.25) is 9.78 Å². The van der Waals surface area contributed by atoms with Crippen molar-refractivity contribution in [3.63, 3.8) is 0 Å². The molecule has 3 aromatic rings. The zero-order valence-electron chi connectivity index (χ0n) is 14.8. The summed E-state index contributed by atoms with van der Waals surface area (Å²) >= 11 is 6.20. The van der Waals surface area contributed by atoms with E-state index in [0.717, 1.165) is 17.5 Å². The van der Waals surface area contributed by atoms with Crippen LogP contribution >= 0.6 is 11.6 Å². The molecule has 0 aliphatic heterocycles. The smallest absolute Gasteiger partial charge is 0.228 e. The average Bonchev–Trinajstić information content (AvgIpc) is 3.01. The number of likely N-dealkylation sites (N-methyl/N-ethyl adjacent to an activating group) is 1. The minimum atomic E-state index is 0.00108. The molecule has 0 fully saturated rings. The molecule has 0 saturated carbocycles. The van der Waals surface area contributed by atoms with Crippen molar-refractivity contribution in [3.8, 4) is 11.5 Å². The van der Waals surface area contributed by atoms with E-state index >= 15 is 0 Å². The van der Waals surface area contributed by atoms with Gasteiger partial charge in [0.2, 0.25) is 11.8 Å². The SMILES string of the molecule is Cc1oc(-c2ccccc2Cl)nc1CC(=O)N(C)CCc1ccncc1. The molecule has 134 valence electrons. The number of aromatic nitrogens is 2. The molecule has 0 spiro atoms.